The number of carbonyl (C=O) groups excluding carboxylic acids is 2. The molecule has 0 radical (unpaired) electrons. The fourth-order valence-corrected chi connectivity index (χ4v) is 5.71. The van der Waals surface area contributed by atoms with E-state index in [0.717, 1.165) is 5.56 Å². The van der Waals surface area contributed by atoms with Crippen LogP contribution in [0.2, 0.25) is 10.0 Å². The molecule has 0 bridgehead atoms. The molecule has 2 unspecified atom stereocenters. The van der Waals surface area contributed by atoms with Gasteiger partial charge in [0, 0.05) is 10.8 Å². The molecule has 182 valence electrons. The molecular formula is C25H21Cl2FN2O4S. The molecule has 1 aliphatic rings. The number of rotatable bonds is 6. The van der Waals surface area contributed by atoms with Gasteiger partial charge < -0.3 is 19.7 Å². The molecule has 1 saturated heterocycles. The van der Waals surface area contributed by atoms with Gasteiger partial charge in [-0.25, -0.2) is 4.39 Å². The van der Waals surface area contributed by atoms with E-state index in [1.807, 2.05) is 0 Å². The van der Waals surface area contributed by atoms with Crippen molar-refractivity contribution in [2.75, 3.05) is 25.3 Å². The number of nitrogens with zero attached hydrogens (tertiary/aromatic N) is 1. The molecule has 0 spiro atoms. The van der Waals surface area contributed by atoms with Crippen LogP contribution in [0.5, 0.6) is 11.5 Å². The number of methoxy groups -OCH3 is 2. The highest BCUT2D eigenvalue weighted by Gasteiger charge is 2.43. The Morgan fingerprint density at radius 3 is 2.46 bits per heavy atom. The van der Waals surface area contributed by atoms with Gasteiger partial charge in [0.15, 0.2) is 11.5 Å². The van der Waals surface area contributed by atoms with Crippen LogP contribution in [-0.2, 0) is 4.79 Å². The van der Waals surface area contributed by atoms with E-state index in [4.69, 9.17) is 32.7 Å². The van der Waals surface area contributed by atoms with Crippen LogP contribution >= 0.6 is 35.0 Å². The summed E-state index contributed by atoms with van der Waals surface area (Å²) in [6.07, 6.45) is 0. The van der Waals surface area contributed by atoms with Gasteiger partial charge in [-0.05, 0) is 48.0 Å². The number of amides is 2. The van der Waals surface area contributed by atoms with Crippen molar-refractivity contribution in [3.63, 3.8) is 0 Å². The van der Waals surface area contributed by atoms with Crippen LogP contribution in [0.1, 0.15) is 21.3 Å². The lowest BCUT2D eigenvalue weighted by Crippen LogP contribution is -2.45. The van der Waals surface area contributed by atoms with E-state index in [1.54, 1.807) is 30.3 Å². The van der Waals surface area contributed by atoms with E-state index >= 15 is 0 Å². The minimum absolute atomic E-state index is 0.0361. The third-order valence-electron chi connectivity index (χ3n) is 5.52. The molecule has 4 rings (SSSR count). The van der Waals surface area contributed by atoms with Gasteiger partial charge in [0.1, 0.15) is 17.2 Å². The average Bonchev–Trinajstić information content (AvgIpc) is 3.30. The molecule has 0 aromatic heterocycles. The third kappa shape index (κ3) is 5.19. The summed E-state index contributed by atoms with van der Waals surface area (Å²) in [7, 11) is 3.05. The summed E-state index contributed by atoms with van der Waals surface area (Å²) >= 11 is 13.8. The smallest absolute Gasteiger partial charge is 0.257 e. The molecule has 2 amide bonds. The van der Waals surface area contributed by atoms with Crippen molar-refractivity contribution < 1.29 is 23.5 Å². The van der Waals surface area contributed by atoms with Gasteiger partial charge in [0.2, 0.25) is 5.91 Å². The van der Waals surface area contributed by atoms with Gasteiger partial charge in [-0.15, -0.1) is 11.8 Å². The normalized spacial score (nSPS) is 17.2. The first-order chi connectivity index (χ1) is 16.8. The van der Waals surface area contributed by atoms with Crippen molar-refractivity contribution in [1.29, 1.82) is 0 Å². The largest absolute Gasteiger partial charge is 0.493 e. The van der Waals surface area contributed by atoms with E-state index < -0.39 is 29.0 Å². The number of halogens is 3. The maximum Gasteiger partial charge on any atom is 0.257 e. The number of thioether (sulfide) groups is 1. The Bertz CT molecular complexity index is 1280. The summed E-state index contributed by atoms with van der Waals surface area (Å²) in [6.45, 7) is 0. The van der Waals surface area contributed by atoms with Crippen LogP contribution in [0.4, 0.5) is 10.1 Å². The lowest BCUT2D eigenvalue weighted by molar-refractivity contribution is -0.119. The SMILES string of the molecule is COc1ccc(C2SCC(C(=O)Nc3ccccc3F)N2C(=O)c2ccc(Cl)cc2Cl)cc1OC. The summed E-state index contributed by atoms with van der Waals surface area (Å²) in [6, 6.07) is 14.8. The lowest BCUT2D eigenvalue weighted by Gasteiger charge is -2.30. The predicted octanol–water partition coefficient (Wildman–Crippen LogP) is 6.04. The Labute approximate surface area is 216 Å². The van der Waals surface area contributed by atoms with Crippen LogP contribution in [0.25, 0.3) is 0 Å². The Kier molecular flexibility index (Phi) is 7.74. The van der Waals surface area contributed by atoms with Crippen molar-refractivity contribution in [2.45, 2.75) is 11.4 Å². The van der Waals surface area contributed by atoms with Gasteiger partial charge in [-0.3, -0.25) is 9.59 Å². The molecule has 6 nitrogen and oxygen atoms in total. The summed E-state index contributed by atoms with van der Waals surface area (Å²) in [5, 5.41) is 2.62. The fourth-order valence-electron chi connectivity index (χ4n) is 3.80. The molecule has 0 saturated carbocycles. The molecule has 3 aromatic rings. The molecular weight excluding hydrogens is 514 g/mol. The zero-order valence-corrected chi connectivity index (χ0v) is 21.1. The molecule has 0 aliphatic carbocycles. The minimum atomic E-state index is -0.892. The summed E-state index contributed by atoms with van der Waals surface area (Å²) < 4.78 is 24.9. The standard InChI is InChI=1S/C25H21Cl2FN2O4S/c1-33-21-10-7-14(11-22(21)34-2)25-30(24(32)16-9-8-15(26)12-17(16)27)20(13-35-25)23(31)29-19-6-4-3-5-18(19)28/h3-12,20,25H,13H2,1-2H3,(H,29,31). The number of carbonyl (C=O) groups is 2. The highest BCUT2D eigenvalue weighted by atomic mass is 35.5. The first kappa shape index (κ1) is 25.2. The number of hydrogen-bond donors (Lipinski definition) is 1. The molecule has 1 heterocycles. The zero-order valence-electron chi connectivity index (χ0n) is 18.8. The predicted molar refractivity (Wildman–Crippen MR) is 136 cm³/mol. The number of ether oxygens (including phenoxy) is 2. The number of nitrogens with one attached hydrogen (secondary N) is 1. The number of benzene rings is 3. The Hall–Kier alpha value is -2.94. The summed E-state index contributed by atoms with van der Waals surface area (Å²) in [5.41, 5.74) is 0.967. The molecule has 10 heteroatoms. The molecule has 1 fully saturated rings. The molecule has 35 heavy (non-hydrogen) atoms. The third-order valence-corrected chi connectivity index (χ3v) is 7.39. The van der Waals surface area contributed by atoms with Gasteiger partial charge in [0.25, 0.3) is 5.91 Å². The van der Waals surface area contributed by atoms with Crippen molar-refractivity contribution in [3.05, 3.63) is 87.7 Å². The number of anilines is 1. The minimum Gasteiger partial charge on any atom is -0.493 e. The van der Waals surface area contributed by atoms with Crippen LogP contribution in [0.15, 0.2) is 60.7 Å². The Morgan fingerprint density at radius 2 is 1.77 bits per heavy atom. The Morgan fingerprint density at radius 1 is 1.03 bits per heavy atom. The highest BCUT2D eigenvalue weighted by Crippen LogP contribution is 2.45. The quantitative estimate of drug-likeness (QED) is 0.417. The monoisotopic (exact) mass is 534 g/mol. The first-order valence-corrected chi connectivity index (χ1v) is 12.3. The molecule has 1 aliphatic heterocycles. The number of para-hydroxylation sites is 1. The lowest BCUT2D eigenvalue weighted by atomic mass is 10.1. The average molecular weight is 535 g/mol. The van der Waals surface area contributed by atoms with Crippen molar-refractivity contribution >= 4 is 52.5 Å². The summed E-state index contributed by atoms with van der Waals surface area (Å²) in [5.74, 6) is -0.222. The van der Waals surface area contributed by atoms with E-state index in [-0.39, 0.29) is 22.0 Å². The van der Waals surface area contributed by atoms with Crippen molar-refractivity contribution in [3.8, 4) is 11.5 Å². The molecule has 3 aromatic carbocycles. The van der Waals surface area contributed by atoms with Crippen LogP contribution in [-0.4, -0.2) is 42.7 Å². The van der Waals surface area contributed by atoms with E-state index in [9.17, 15) is 14.0 Å². The van der Waals surface area contributed by atoms with E-state index in [1.165, 1.54) is 61.2 Å². The highest BCUT2D eigenvalue weighted by molar-refractivity contribution is 7.99. The molecule has 2 atom stereocenters. The molecule has 1 N–H and O–H groups in total. The van der Waals surface area contributed by atoms with Crippen LogP contribution in [0, 0.1) is 5.82 Å². The number of hydrogen-bond acceptors (Lipinski definition) is 5. The van der Waals surface area contributed by atoms with Gasteiger partial charge in [-0.1, -0.05) is 41.4 Å². The van der Waals surface area contributed by atoms with Crippen molar-refractivity contribution in [2.24, 2.45) is 0 Å². The van der Waals surface area contributed by atoms with Crippen LogP contribution < -0.4 is 14.8 Å². The van der Waals surface area contributed by atoms with Gasteiger partial charge in [-0.2, -0.15) is 0 Å². The topological polar surface area (TPSA) is 67.9 Å². The van der Waals surface area contributed by atoms with Crippen LogP contribution in [0.3, 0.4) is 0 Å². The van der Waals surface area contributed by atoms with E-state index in [2.05, 4.69) is 5.32 Å². The second-order valence-electron chi connectivity index (χ2n) is 7.62. The Balaban J connectivity index is 1.73. The van der Waals surface area contributed by atoms with E-state index in [0.29, 0.717) is 16.5 Å². The second kappa shape index (κ2) is 10.8. The van der Waals surface area contributed by atoms with Gasteiger partial charge in [0.05, 0.1) is 30.5 Å². The van der Waals surface area contributed by atoms with Crippen molar-refractivity contribution in [1.82, 2.24) is 4.90 Å². The fraction of sp³-hybridized carbons (Fsp3) is 0.200. The maximum atomic E-state index is 14.2. The summed E-state index contributed by atoms with van der Waals surface area (Å²) in [4.78, 5) is 28.5. The maximum absolute atomic E-state index is 14.2. The first-order valence-electron chi connectivity index (χ1n) is 10.5. The van der Waals surface area contributed by atoms with Gasteiger partial charge >= 0.3 is 0 Å². The zero-order chi connectivity index (χ0) is 25.1. The second-order valence-corrected chi connectivity index (χ2v) is 9.58.